The van der Waals surface area contributed by atoms with Crippen LogP contribution in [0.5, 0.6) is 0 Å². The maximum atomic E-state index is 11.5. The SMILES string of the molecule is C[C@H](c1ccccc1)N(C)[C@@H]1CS(=O)(=O)[C@H]1C. The van der Waals surface area contributed by atoms with Crippen LogP contribution >= 0.6 is 0 Å². The molecule has 0 saturated carbocycles. The van der Waals surface area contributed by atoms with Crippen molar-refractivity contribution in [3.63, 3.8) is 0 Å². The number of benzene rings is 1. The van der Waals surface area contributed by atoms with Crippen LogP contribution in [-0.2, 0) is 9.84 Å². The molecule has 1 heterocycles. The van der Waals surface area contributed by atoms with Crippen LogP contribution in [0.1, 0.15) is 25.5 Å². The van der Waals surface area contributed by atoms with Crippen LogP contribution in [0.25, 0.3) is 0 Å². The Morgan fingerprint density at radius 1 is 1.29 bits per heavy atom. The smallest absolute Gasteiger partial charge is 0.156 e. The molecule has 0 radical (unpaired) electrons. The van der Waals surface area contributed by atoms with Crippen molar-refractivity contribution in [2.75, 3.05) is 12.8 Å². The van der Waals surface area contributed by atoms with Gasteiger partial charge >= 0.3 is 0 Å². The molecule has 1 aliphatic heterocycles. The van der Waals surface area contributed by atoms with Gasteiger partial charge in [0, 0.05) is 12.1 Å². The van der Waals surface area contributed by atoms with Crippen LogP contribution in [-0.4, -0.2) is 37.4 Å². The minimum Gasteiger partial charge on any atom is -0.294 e. The summed E-state index contributed by atoms with van der Waals surface area (Å²) < 4.78 is 22.9. The van der Waals surface area contributed by atoms with E-state index >= 15 is 0 Å². The Kier molecular flexibility index (Phi) is 3.27. The summed E-state index contributed by atoms with van der Waals surface area (Å²) in [6.07, 6.45) is 0. The van der Waals surface area contributed by atoms with Crippen molar-refractivity contribution in [2.45, 2.75) is 31.2 Å². The van der Waals surface area contributed by atoms with Gasteiger partial charge in [-0.2, -0.15) is 0 Å². The Labute approximate surface area is 103 Å². The van der Waals surface area contributed by atoms with Crippen molar-refractivity contribution >= 4 is 9.84 Å². The highest BCUT2D eigenvalue weighted by Gasteiger charge is 2.45. The molecule has 4 heteroatoms. The summed E-state index contributed by atoms with van der Waals surface area (Å²) in [6, 6.07) is 10.6. The van der Waals surface area contributed by atoms with E-state index in [0.717, 1.165) is 0 Å². The summed E-state index contributed by atoms with van der Waals surface area (Å²) >= 11 is 0. The van der Waals surface area contributed by atoms with Gasteiger partial charge in [-0.1, -0.05) is 30.3 Å². The fourth-order valence-corrected chi connectivity index (χ4v) is 4.06. The van der Waals surface area contributed by atoms with Gasteiger partial charge in [0.05, 0.1) is 11.0 Å². The van der Waals surface area contributed by atoms with Gasteiger partial charge in [0.15, 0.2) is 9.84 Å². The Morgan fingerprint density at radius 2 is 1.88 bits per heavy atom. The molecule has 0 aliphatic carbocycles. The van der Waals surface area contributed by atoms with E-state index in [1.54, 1.807) is 6.92 Å². The molecule has 0 bridgehead atoms. The van der Waals surface area contributed by atoms with E-state index < -0.39 is 9.84 Å². The third kappa shape index (κ3) is 2.24. The molecule has 0 amide bonds. The number of rotatable bonds is 3. The highest BCUT2D eigenvalue weighted by atomic mass is 32.2. The molecule has 0 N–H and O–H groups in total. The van der Waals surface area contributed by atoms with Crippen molar-refractivity contribution in [3.05, 3.63) is 35.9 Å². The molecule has 1 fully saturated rings. The van der Waals surface area contributed by atoms with E-state index in [0.29, 0.717) is 5.75 Å². The minimum atomic E-state index is -2.81. The molecule has 2 rings (SSSR count). The summed E-state index contributed by atoms with van der Waals surface area (Å²) in [5, 5.41) is -0.237. The zero-order valence-corrected chi connectivity index (χ0v) is 11.3. The maximum absolute atomic E-state index is 11.5. The molecule has 17 heavy (non-hydrogen) atoms. The Bertz CT molecular complexity index is 483. The maximum Gasteiger partial charge on any atom is 0.156 e. The zero-order chi connectivity index (χ0) is 12.6. The number of hydrogen-bond acceptors (Lipinski definition) is 3. The first-order valence-corrected chi connectivity index (χ1v) is 7.63. The Hall–Kier alpha value is -0.870. The van der Waals surface area contributed by atoms with Gasteiger partial charge in [0.2, 0.25) is 0 Å². The topological polar surface area (TPSA) is 37.4 Å². The van der Waals surface area contributed by atoms with Gasteiger partial charge in [0.25, 0.3) is 0 Å². The molecule has 0 unspecified atom stereocenters. The molecule has 0 spiro atoms. The molecule has 3 nitrogen and oxygen atoms in total. The molecular formula is C13H19NO2S. The molecule has 1 aromatic carbocycles. The van der Waals surface area contributed by atoms with Gasteiger partial charge in [0.1, 0.15) is 0 Å². The Balaban J connectivity index is 2.10. The summed E-state index contributed by atoms with van der Waals surface area (Å²) in [6.45, 7) is 3.92. The number of nitrogens with zero attached hydrogens (tertiary/aromatic N) is 1. The van der Waals surface area contributed by atoms with Gasteiger partial charge in [-0.15, -0.1) is 0 Å². The third-order valence-corrected chi connectivity index (χ3v) is 6.18. The predicted molar refractivity (Wildman–Crippen MR) is 69.7 cm³/mol. The molecule has 0 aromatic heterocycles. The first-order chi connectivity index (χ1) is 7.93. The van der Waals surface area contributed by atoms with Crippen molar-refractivity contribution in [1.82, 2.24) is 4.90 Å². The molecule has 1 saturated heterocycles. The normalized spacial score (nSPS) is 28.7. The lowest BCUT2D eigenvalue weighted by Crippen LogP contribution is -2.58. The largest absolute Gasteiger partial charge is 0.294 e. The quantitative estimate of drug-likeness (QED) is 0.825. The van der Waals surface area contributed by atoms with E-state index in [4.69, 9.17) is 0 Å². The van der Waals surface area contributed by atoms with E-state index in [1.807, 2.05) is 25.2 Å². The van der Waals surface area contributed by atoms with Gasteiger partial charge in [-0.3, -0.25) is 4.90 Å². The predicted octanol–water partition coefficient (Wildman–Crippen LogP) is 1.86. The van der Waals surface area contributed by atoms with E-state index in [9.17, 15) is 8.42 Å². The number of sulfone groups is 1. The highest BCUT2D eigenvalue weighted by molar-refractivity contribution is 7.93. The van der Waals surface area contributed by atoms with Crippen molar-refractivity contribution < 1.29 is 8.42 Å². The summed E-state index contributed by atoms with van der Waals surface area (Å²) in [4.78, 5) is 2.17. The summed E-state index contributed by atoms with van der Waals surface area (Å²) in [5.41, 5.74) is 1.23. The fourth-order valence-electron chi connectivity index (χ4n) is 2.35. The summed E-state index contributed by atoms with van der Waals surface area (Å²) in [7, 11) is -0.804. The van der Waals surface area contributed by atoms with Crippen LogP contribution < -0.4 is 0 Å². The molecule has 94 valence electrons. The average Bonchev–Trinajstić information content (AvgIpc) is 2.35. The standard InChI is InChI=1S/C13H19NO2S/c1-10(12-7-5-4-6-8-12)14(3)13-9-17(15,16)11(13)2/h4-8,10-11,13H,9H2,1-3H3/t10-,11+,13-/m1/s1. The lowest BCUT2D eigenvalue weighted by Gasteiger charge is -2.43. The van der Waals surface area contributed by atoms with Gasteiger partial charge in [-0.05, 0) is 26.5 Å². The first kappa shape index (κ1) is 12.6. The third-order valence-electron chi connectivity index (χ3n) is 3.93. The van der Waals surface area contributed by atoms with Gasteiger partial charge < -0.3 is 0 Å². The second-order valence-electron chi connectivity index (χ2n) is 4.85. The van der Waals surface area contributed by atoms with E-state index in [-0.39, 0.29) is 17.3 Å². The Morgan fingerprint density at radius 3 is 2.35 bits per heavy atom. The molecule has 1 aliphatic rings. The van der Waals surface area contributed by atoms with Gasteiger partial charge in [-0.25, -0.2) is 8.42 Å². The van der Waals surface area contributed by atoms with Crippen molar-refractivity contribution in [3.8, 4) is 0 Å². The highest BCUT2D eigenvalue weighted by Crippen LogP contribution is 2.30. The van der Waals surface area contributed by atoms with Crippen LogP contribution in [0.15, 0.2) is 30.3 Å². The minimum absolute atomic E-state index is 0.148. The number of hydrogen-bond donors (Lipinski definition) is 0. The van der Waals surface area contributed by atoms with Crippen LogP contribution in [0.4, 0.5) is 0 Å². The van der Waals surface area contributed by atoms with Crippen LogP contribution in [0, 0.1) is 0 Å². The molecule has 3 atom stereocenters. The lowest BCUT2D eigenvalue weighted by molar-refractivity contribution is 0.182. The van der Waals surface area contributed by atoms with E-state index in [2.05, 4.69) is 24.0 Å². The van der Waals surface area contributed by atoms with Crippen LogP contribution in [0.3, 0.4) is 0 Å². The average molecular weight is 253 g/mol. The molecule has 1 aromatic rings. The fraction of sp³-hybridized carbons (Fsp3) is 0.538. The second-order valence-corrected chi connectivity index (χ2v) is 7.26. The van der Waals surface area contributed by atoms with Crippen molar-refractivity contribution in [1.29, 1.82) is 0 Å². The van der Waals surface area contributed by atoms with E-state index in [1.165, 1.54) is 5.56 Å². The van der Waals surface area contributed by atoms with Crippen molar-refractivity contribution in [2.24, 2.45) is 0 Å². The van der Waals surface area contributed by atoms with Crippen LogP contribution in [0.2, 0.25) is 0 Å². The molecular weight excluding hydrogens is 234 g/mol. The summed E-state index contributed by atoms with van der Waals surface area (Å²) in [5.74, 6) is 0.293. The zero-order valence-electron chi connectivity index (χ0n) is 10.5. The lowest BCUT2D eigenvalue weighted by atomic mass is 10.0. The second kappa shape index (κ2) is 4.42. The first-order valence-electron chi connectivity index (χ1n) is 5.92. The monoisotopic (exact) mass is 253 g/mol.